The van der Waals surface area contributed by atoms with Crippen molar-refractivity contribution in [2.45, 2.75) is 19.3 Å². The van der Waals surface area contributed by atoms with Gasteiger partial charge in [-0.05, 0) is 44.2 Å². The smallest absolute Gasteiger partial charge is 0.248 e. The van der Waals surface area contributed by atoms with Crippen LogP contribution in [0.5, 0.6) is 0 Å². The SMILES string of the molecule is O=C(CCCC(=O)n1nnc2ccccc21)[C]1[CH][CH][CH][CH]1. The molecule has 0 aliphatic heterocycles. The van der Waals surface area contributed by atoms with Gasteiger partial charge in [0.05, 0.1) is 5.52 Å². The van der Waals surface area contributed by atoms with Gasteiger partial charge >= 0.3 is 0 Å². The van der Waals surface area contributed by atoms with Crippen molar-refractivity contribution in [3.63, 3.8) is 0 Å². The fraction of sp³-hybridized carbons (Fsp3) is 0.188. The number of benzene rings is 1. The molecule has 0 unspecified atom stereocenters. The van der Waals surface area contributed by atoms with Gasteiger partial charge in [0.2, 0.25) is 5.91 Å². The first-order chi connectivity index (χ1) is 10.3. The van der Waals surface area contributed by atoms with Crippen molar-refractivity contribution < 1.29 is 9.59 Å². The van der Waals surface area contributed by atoms with Gasteiger partial charge in [0.1, 0.15) is 11.3 Å². The van der Waals surface area contributed by atoms with Crippen molar-refractivity contribution in [3.05, 3.63) is 55.9 Å². The number of carbonyl (C=O) groups excluding carboxylic acids is 2. The topological polar surface area (TPSA) is 64.8 Å². The molecule has 1 heterocycles. The van der Waals surface area contributed by atoms with Gasteiger partial charge in [-0.15, -0.1) is 5.10 Å². The minimum absolute atomic E-state index is 0.0660. The fourth-order valence-electron chi connectivity index (χ4n) is 2.26. The van der Waals surface area contributed by atoms with Crippen LogP contribution in [0.25, 0.3) is 11.0 Å². The Labute approximate surface area is 123 Å². The first kappa shape index (κ1) is 13.9. The minimum Gasteiger partial charge on any atom is -0.299 e. The van der Waals surface area contributed by atoms with E-state index < -0.39 is 0 Å². The molecule has 1 aliphatic rings. The van der Waals surface area contributed by atoms with Gasteiger partial charge in [-0.2, -0.15) is 4.68 Å². The number of carbonyl (C=O) groups is 2. The third-order valence-corrected chi connectivity index (χ3v) is 3.37. The molecule has 5 nitrogen and oxygen atoms in total. The number of Topliss-reactive ketones (excluding diaryl/α,β-unsaturated/α-hetero) is 1. The third-order valence-electron chi connectivity index (χ3n) is 3.37. The standard InChI is InChI=1S/C16H14N3O2/c20-15(12-6-1-2-7-12)10-5-11-16(21)19-14-9-4-3-8-13(14)17-18-19/h1-4,6-9H,5,10-11H2. The van der Waals surface area contributed by atoms with E-state index in [4.69, 9.17) is 0 Å². The largest absolute Gasteiger partial charge is 0.299 e. The second-order valence-electron chi connectivity index (χ2n) is 4.83. The molecule has 0 amide bonds. The Bertz CT molecular complexity index is 656. The fourth-order valence-corrected chi connectivity index (χ4v) is 2.26. The van der Waals surface area contributed by atoms with Crippen LogP contribution in [0.1, 0.15) is 24.1 Å². The highest BCUT2D eigenvalue weighted by atomic mass is 16.2. The van der Waals surface area contributed by atoms with Crippen LogP contribution in [0.4, 0.5) is 0 Å². The molecule has 1 aromatic heterocycles. The Kier molecular flexibility index (Phi) is 4.08. The predicted molar refractivity (Wildman–Crippen MR) is 77.5 cm³/mol. The van der Waals surface area contributed by atoms with Crippen LogP contribution in [0, 0.1) is 31.6 Å². The molecule has 2 aromatic rings. The molecule has 0 saturated heterocycles. The molecular weight excluding hydrogens is 266 g/mol. The highest BCUT2D eigenvalue weighted by Gasteiger charge is 2.24. The Hall–Kier alpha value is -2.04. The van der Waals surface area contributed by atoms with Crippen molar-refractivity contribution >= 4 is 22.7 Å². The third kappa shape index (κ3) is 3.01. The lowest BCUT2D eigenvalue weighted by atomic mass is 9.98. The maximum absolute atomic E-state index is 12.1. The van der Waals surface area contributed by atoms with Gasteiger partial charge in [-0.25, -0.2) is 0 Å². The van der Waals surface area contributed by atoms with Crippen LogP contribution < -0.4 is 0 Å². The Balaban J connectivity index is 1.55. The molecule has 0 atom stereocenters. The Morgan fingerprint density at radius 1 is 1.05 bits per heavy atom. The number of aromatic nitrogens is 3. The van der Waals surface area contributed by atoms with Gasteiger partial charge < -0.3 is 0 Å². The van der Waals surface area contributed by atoms with Crippen molar-refractivity contribution in [2.24, 2.45) is 0 Å². The lowest BCUT2D eigenvalue weighted by Crippen LogP contribution is -2.14. The summed E-state index contributed by atoms with van der Waals surface area (Å²) in [5, 5.41) is 7.82. The summed E-state index contributed by atoms with van der Waals surface area (Å²) in [6, 6.07) is 7.31. The van der Waals surface area contributed by atoms with E-state index in [9.17, 15) is 9.59 Å². The van der Waals surface area contributed by atoms with Crippen LogP contribution in [0.15, 0.2) is 24.3 Å². The predicted octanol–water partition coefficient (Wildman–Crippen LogP) is 2.22. The number of fused-ring (bicyclic) bond motifs is 1. The molecule has 5 heteroatoms. The van der Waals surface area contributed by atoms with Crippen LogP contribution >= 0.6 is 0 Å². The van der Waals surface area contributed by atoms with Gasteiger partial charge in [-0.1, -0.05) is 17.3 Å². The quantitative estimate of drug-likeness (QED) is 0.842. The molecule has 1 fully saturated rings. The lowest BCUT2D eigenvalue weighted by molar-refractivity contribution is -0.116. The van der Waals surface area contributed by atoms with E-state index in [-0.39, 0.29) is 18.1 Å². The van der Waals surface area contributed by atoms with E-state index in [0.29, 0.717) is 29.8 Å². The maximum atomic E-state index is 12.1. The van der Waals surface area contributed by atoms with Gasteiger partial charge in [-0.3, -0.25) is 9.59 Å². The van der Waals surface area contributed by atoms with Crippen molar-refractivity contribution in [2.75, 3.05) is 0 Å². The number of hydrogen-bond acceptors (Lipinski definition) is 4. The number of para-hydroxylation sites is 1. The molecule has 0 spiro atoms. The summed E-state index contributed by atoms with van der Waals surface area (Å²) in [6.45, 7) is 0. The average Bonchev–Trinajstić information content (AvgIpc) is 3.16. The first-order valence-electron chi connectivity index (χ1n) is 6.84. The van der Waals surface area contributed by atoms with E-state index in [1.54, 1.807) is 12.8 Å². The summed E-state index contributed by atoms with van der Waals surface area (Å²) in [7, 11) is 0. The van der Waals surface area contributed by atoms with Gasteiger partial charge in [0, 0.05) is 18.8 Å². The van der Waals surface area contributed by atoms with Crippen molar-refractivity contribution in [1.82, 2.24) is 15.0 Å². The summed E-state index contributed by atoms with van der Waals surface area (Å²) in [6.07, 6.45) is 8.39. The van der Waals surface area contributed by atoms with E-state index >= 15 is 0 Å². The van der Waals surface area contributed by atoms with E-state index in [1.165, 1.54) is 4.68 Å². The molecular formula is C16H14N3O2. The van der Waals surface area contributed by atoms with Gasteiger partial charge in [0.15, 0.2) is 0 Å². The van der Waals surface area contributed by atoms with E-state index in [0.717, 1.165) is 0 Å². The number of nitrogens with zero attached hydrogens (tertiary/aromatic N) is 3. The second kappa shape index (κ2) is 6.16. The second-order valence-corrected chi connectivity index (χ2v) is 4.83. The van der Waals surface area contributed by atoms with Crippen LogP contribution in [0.3, 0.4) is 0 Å². The van der Waals surface area contributed by atoms with Gasteiger partial charge in [0.25, 0.3) is 0 Å². The monoisotopic (exact) mass is 280 g/mol. The molecule has 105 valence electrons. The van der Waals surface area contributed by atoms with Crippen LogP contribution in [0.2, 0.25) is 0 Å². The summed E-state index contributed by atoms with van der Waals surface area (Å²) >= 11 is 0. The highest BCUT2D eigenvalue weighted by molar-refractivity contribution is 5.97. The maximum Gasteiger partial charge on any atom is 0.248 e. The zero-order valence-corrected chi connectivity index (χ0v) is 11.4. The van der Waals surface area contributed by atoms with Crippen molar-refractivity contribution in [1.29, 1.82) is 0 Å². The summed E-state index contributed by atoms with van der Waals surface area (Å²) in [5.74, 6) is 0.629. The Morgan fingerprint density at radius 2 is 1.81 bits per heavy atom. The van der Waals surface area contributed by atoms with Crippen LogP contribution in [-0.4, -0.2) is 26.7 Å². The Morgan fingerprint density at radius 3 is 2.62 bits per heavy atom. The lowest BCUT2D eigenvalue weighted by Gasteiger charge is -2.06. The summed E-state index contributed by atoms with van der Waals surface area (Å²) in [5.41, 5.74) is 1.39. The van der Waals surface area contributed by atoms with Crippen LogP contribution in [-0.2, 0) is 4.79 Å². The van der Waals surface area contributed by atoms with Crippen molar-refractivity contribution in [3.8, 4) is 0 Å². The van der Waals surface area contributed by atoms with E-state index in [1.807, 2.05) is 37.1 Å². The highest BCUT2D eigenvalue weighted by Crippen LogP contribution is 2.25. The normalized spacial score (nSPS) is 15.6. The number of hydrogen-bond donors (Lipinski definition) is 0. The molecule has 3 rings (SSSR count). The zero-order valence-electron chi connectivity index (χ0n) is 11.4. The summed E-state index contributed by atoms with van der Waals surface area (Å²) in [4.78, 5) is 24.0. The molecule has 21 heavy (non-hydrogen) atoms. The first-order valence-corrected chi connectivity index (χ1v) is 6.84. The molecule has 0 bridgehead atoms. The minimum atomic E-state index is -0.140. The average molecular weight is 280 g/mol. The van der Waals surface area contributed by atoms with E-state index in [2.05, 4.69) is 10.3 Å². The molecule has 1 aromatic carbocycles. The molecule has 1 saturated carbocycles. The zero-order chi connectivity index (χ0) is 14.7. The number of rotatable bonds is 5. The molecule has 5 radical (unpaired) electrons. The molecule has 1 aliphatic carbocycles. The summed E-state index contributed by atoms with van der Waals surface area (Å²) < 4.78 is 1.31. The molecule has 0 N–H and O–H groups in total. The number of ketones is 1.